The summed E-state index contributed by atoms with van der Waals surface area (Å²) in [4.78, 5) is 32.6. The quantitative estimate of drug-likeness (QED) is 0.577. The number of amides is 1. The number of esters is 1. The van der Waals surface area contributed by atoms with Gasteiger partial charge in [-0.1, -0.05) is 35.5 Å². The molecule has 0 radical (unpaired) electrons. The van der Waals surface area contributed by atoms with Gasteiger partial charge in [-0.15, -0.1) is 0 Å². The van der Waals surface area contributed by atoms with Crippen LogP contribution in [0.5, 0.6) is 0 Å². The lowest BCUT2D eigenvalue weighted by molar-refractivity contribution is -0.150. The van der Waals surface area contributed by atoms with E-state index in [9.17, 15) is 9.59 Å². The van der Waals surface area contributed by atoms with Crippen LogP contribution in [0.25, 0.3) is 0 Å². The Hall–Kier alpha value is -2.25. The van der Waals surface area contributed by atoms with Gasteiger partial charge in [0.15, 0.2) is 5.17 Å². The molecule has 1 atom stereocenters. The van der Waals surface area contributed by atoms with Gasteiger partial charge in [0.1, 0.15) is 5.60 Å². The van der Waals surface area contributed by atoms with E-state index in [4.69, 9.17) is 16.3 Å². The molecule has 6 nitrogen and oxygen atoms in total. The molecule has 1 aromatic carbocycles. The number of rotatable bonds is 6. The van der Waals surface area contributed by atoms with E-state index in [-0.39, 0.29) is 12.3 Å². The number of carbonyl (C=O) groups is 2. The molecule has 170 valence electrons. The SMILES string of the molecule is CC1=C(C(=O)OC(C)(C)C)C(c2ccc(Cl)cc2)N2C(CC(=O)NCC3CC3)=CSC2=N1. The van der Waals surface area contributed by atoms with Gasteiger partial charge in [0.05, 0.1) is 23.7 Å². The number of aliphatic imine (C=N–C) groups is 1. The molecule has 1 unspecified atom stereocenters. The number of thioether (sulfide) groups is 1. The minimum Gasteiger partial charge on any atom is -0.456 e. The first-order chi connectivity index (χ1) is 15.1. The summed E-state index contributed by atoms with van der Waals surface area (Å²) in [6, 6.07) is 6.97. The number of nitrogens with one attached hydrogen (secondary N) is 1. The van der Waals surface area contributed by atoms with E-state index in [0.717, 1.165) is 23.0 Å². The largest absolute Gasteiger partial charge is 0.456 e. The Kier molecular flexibility index (Phi) is 6.41. The third kappa shape index (κ3) is 5.21. The van der Waals surface area contributed by atoms with Crippen LogP contribution in [-0.4, -0.2) is 34.1 Å². The lowest BCUT2D eigenvalue weighted by atomic mass is 9.93. The Morgan fingerprint density at radius 1 is 1.25 bits per heavy atom. The molecule has 2 aliphatic heterocycles. The number of halogens is 1. The van der Waals surface area contributed by atoms with Crippen molar-refractivity contribution in [1.29, 1.82) is 0 Å². The van der Waals surface area contributed by atoms with Crippen molar-refractivity contribution in [2.45, 2.75) is 58.6 Å². The van der Waals surface area contributed by atoms with Crippen LogP contribution in [-0.2, 0) is 14.3 Å². The topological polar surface area (TPSA) is 71.0 Å². The summed E-state index contributed by atoms with van der Waals surface area (Å²) in [7, 11) is 0. The lowest BCUT2D eigenvalue weighted by Gasteiger charge is -2.37. The van der Waals surface area contributed by atoms with E-state index in [1.165, 1.54) is 24.6 Å². The summed E-state index contributed by atoms with van der Waals surface area (Å²) >= 11 is 7.60. The van der Waals surface area contributed by atoms with E-state index < -0.39 is 17.6 Å². The maximum atomic E-state index is 13.3. The minimum absolute atomic E-state index is 0.0232. The monoisotopic (exact) mass is 473 g/mol. The number of hydrogen-bond donors (Lipinski definition) is 1. The number of fused-ring (bicyclic) bond motifs is 1. The normalized spacial score (nSPS) is 20.5. The second kappa shape index (κ2) is 8.94. The molecule has 1 fully saturated rings. The number of hydrogen-bond acceptors (Lipinski definition) is 6. The molecular weight excluding hydrogens is 446 g/mol. The van der Waals surface area contributed by atoms with Gasteiger partial charge >= 0.3 is 5.97 Å². The molecular formula is C24H28ClN3O3S. The minimum atomic E-state index is -0.639. The van der Waals surface area contributed by atoms with Crippen LogP contribution in [0.15, 0.2) is 51.6 Å². The molecule has 1 amide bonds. The second-order valence-electron chi connectivity index (χ2n) is 9.37. The molecule has 2 heterocycles. The molecule has 1 N–H and O–H groups in total. The number of carbonyl (C=O) groups excluding carboxylic acids is 2. The highest BCUT2D eigenvalue weighted by molar-refractivity contribution is 8.16. The van der Waals surface area contributed by atoms with Crippen molar-refractivity contribution >= 4 is 40.4 Å². The molecule has 1 aromatic rings. The first-order valence-electron chi connectivity index (χ1n) is 10.8. The van der Waals surface area contributed by atoms with E-state index in [0.29, 0.717) is 22.2 Å². The number of ether oxygens (including phenoxy) is 1. The van der Waals surface area contributed by atoms with Crippen LogP contribution in [0, 0.1) is 5.92 Å². The van der Waals surface area contributed by atoms with Crippen LogP contribution in [0.4, 0.5) is 0 Å². The molecule has 0 spiro atoms. The molecule has 0 saturated heterocycles. The molecule has 32 heavy (non-hydrogen) atoms. The molecule has 3 aliphatic rings. The van der Waals surface area contributed by atoms with E-state index in [2.05, 4.69) is 10.3 Å². The van der Waals surface area contributed by atoms with Crippen LogP contribution >= 0.6 is 23.4 Å². The maximum absolute atomic E-state index is 13.3. The van der Waals surface area contributed by atoms with Crippen molar-refractivity contribution in [2.24, 2.45) is 10.9 Å². The first-order valence-corrected chi connectivity index (χ1v) is 12.1. The van der Waals surface area contributed by atoms with Crippen molar-refractivity contribution in [2.75, 3.05) is 6.54 Å². The third-order valence-corrected chi connectivity index (χ3v) is 6.57. The van der Waals surface area contributed by atoms with Crippen molar-refractivity contribution in [1.82, 2.24) is 10.2 Å². The summed E-state index contributed by atoms with van der Waals surface area (Å²) < 4.78 is 5.74. The third-order valence-electron chi connectivity index (χ3n) is 5.43. The average molecular weight is 474 g/mol. The molecule has 1 aliphatic carbocycles. The summed E-state index contributed by atoms with van der Waals surface area (Å²) in [5.41, 5.74) is 2.15. The van der Waals surface area contributed by atoms with Gasteiger partial charge in [0.25, 0.3) is 0 Å². The van der Waals surface area contributed by atoms with Crippen LogP contribution in [0.2, 0.25) is 5.02 Å². The van der Waals surface area contributed by atoms with Crippen molar-refractivity contribution in [3.05, 3.63) is 57.2 Å². The highest BCUT2D eigenvalue weighted by atomic mass is 35.5. The fourth-order valence-corrected chi connectivity index (χ4v) is 4.82. The highest BCUT2D eigenvalue weighted by Crippen LogP contribution is 2.45. The Morgan fingerprint density at radius 3 is 2.56 bits per heavy atom. The number of benzene rings is 1. The predicted molar refractivity (Wildman–Crippen MR) is 128 cm³/mol. The summed E-state index contributed by atoms with van der Waals surface area (Å²) in [6.07, 6.45) is 2.59. The molecule has 4 rings (SSSR count). The highest BCUT2D eigenvalue weighted by Gasteiger charge is 2.41. The van der Waals surface area contributed by atoms with Crippen LogP contribution in [0.3, 0.4) is 0 Å². The standard InChI is InChI=1S/C24H28ClN3O3S/c1-14-20(22(30)31-24(2,3)4)21(16-7-9-17(25)10-8-16)28-18(13-32-23(28)27-14)11-19(29)26-12-15-5-6-15/h7-10,13,15,21H,5-6,11-12H2,1-4H3,(H,26,29). The van der Waals surface area contributed by atoms with Crippen molar-refractivity contribution in [3.8, 4) is 0 Å². The summed E-state index contributed by atoms with van der Waals surface area (Å²) in [5, 5.41) is 6.34. The average Bonchev–Trinajstić information content (AvgIpc) is 3.46. The van der Waals surface area contributed by atoms with E-state index in [1.54, 1.807) is 12.1 Å². The van der Waals surface area contributed by atoms with Gasteiger partial charge in [0.2, 0.25) is 5.91 Å². The smallest absolute Gasteiger partial charge is 0.338 e. The fraction of sp³-hybridized carbons (Fsp3) is 0.458. The number of nitrogens with zero attached hydrogens (tertiary/aromatic N) is 2. The van der Waals surface area contributed by atoms with Gasteiger partial charge in [-0.25, -0.2) is 9.79 Å². The molecule has 0 bridgehead atoms. The Balaban J connectivity index is 1.67. The van der Waals surface area contributed by atoms with Crippen molar-refractivity contribution in [3.63, 3.8) is 0 Å². The van der Waals surface area contributed by atoms with Gasteiger partial charge < -0.3 is 15.0 Å². The molecule has 1 saturated carbocycles. The van der Waals surface area contributed by atoms with Gasteiger partial charge in [-0.05, 0) is 69.6 Å². The van der Waals surface area contributed by atoms with Crippen LogP contribution in [0.1, 0.15) is 58.6 Å². The Bertz CT molecular complexity index is 1020. The maximum Gasteiger partial charge on any atom is 0.338 e. The van der Waals surface area contributed by atoms with Gasteiger partial charge in [-0.2, -0.15) is 0 Å². The summed E-state index contributed by atoms with van der Waals surface area (Å²) in [5.74, 6) is 0.182. The Labute approximate surface area is 198 Å². The predicted octanol–water partition coefficient (Wildman–Crippen LogP) is 5.17. The second-order valence-corrected chi connectivity index (χ2v) is 10.6. The Morgan fingerprint density at radius 2 is 1.94 bits per heavy atom. The fourth-order valence-electron chi connectivity index (χ4n) is 3.73. The number of allylic oxidation sites excluding steroid dienone is 1. The van der Waals surface area contributed by atoms with E-state index in [1.807, 2.05) is 50.1 Å². The van der Waals surface area contributed by atoms with Gasteiger partial charge in [0, 0.05) is 17.3 Å². The van der Waals surface area contributed by atoms with E-state index >= 15 is 0 Å². The molecule has 8 heteroatoms. The number of amidine groups is 1. The zero-order valence-electron chi connectivity index (χ0n) is 18.8. The zero-order chi connectivity index (χ0) is 23.0. The zero-order valence-corrected chi connectivity index (χ0v) is 20.3. The summed E-state index contributed by atoms with van der Waals surface area (Å²) in [6.45, 7) is 8.08. The van der Waals surface area contributed by atoms with Crippen LogP contribution < -0.4 is 5.32 Å². The van der Waals surface area contributed by atoms with Gasteiger partial charge in [-0.3, -0.25) is 4.79 Å². The van der Waals surface area contributed by atoms with Crippen molar-refractivity contribution < 1.29 is 14.3 Å². The first kappa shape index (κ1) is 22.9. The molecule has 0 aromatic heterocycles. The lowest BCUT2D eigenvalue weighted by Crippen LogP contribution is -2.39.